The average Bonchev–Trinajstić information content (AvgIpc) is 2.23. The number of carbonyl (C=O) groups is 1. The van der Waals surface area contributed by atoms with Crippen LogP contribution in [0.15, 0.2) is 18.2 Å². The minimum Gasteiger partial charge on any atom is -0.356 e. The van der Waals surface area contributed by atoms with Crippen LogP contribution < -0.4 is 11.1 Å². The highest BCUT2D eigenvalue weighted by atomic mass is 19.2. The predicted octanol–water partition coefficient (Wildman–Crippen LogP) is 1.36. The molecule has 1 rings (SSSR count). The number of hydrogen-bond acceptors (Lipinski definition) is 2. The lowest BCUT2D eigenvalue weighted by Gasteiger charge is -2.08. The third kappa shape index (κ3) is 4.48. The summed E-state index contributed by atoms with van der Waals surface area (Å²) in [6, 6.07) is 3.79. The van der Waals surface area contributed by atoms with Crippen molar-refractivity contribution in [3.63, 3.8) is 0 Å². The van der Waals surface area contributed by atoms with Crippen molar-refractivity contribution in [2.75, 3.05) is 6.54 Å². The molecule has 0 aliphatic heterocycles. The molecule has 0 saturated carbocycles. The van der Waals surface area contributed by atoms with Gasteiger partial charge in [0.1, 0.15) is 0 Å². The first-order chi connectivity index (χ1) is 8.00. The molecule has 94 valence electrons. The van der Waals surface area contributed by atoms with Crippen LogP contribution in [0.5, 0.6) is 0 Å². The number of nitrogens with one attached hydrogen (secondary N) is 1. The Kier molecular flexibility index (Phi) is 5.03. The SMILES string of the molecule is CC(N)CC(=O)NCCc1cccc(F)c1F. The maximum Gasteiger partial charge on any atom is 0.221 e. The summed E-state index contributed by atoms with van der Waals surface area (Å²) in [4.78, 5) is 11.2. The molecule has 0 bridgehead atoms. The van der Waals surface area contributed by atoms with Gasteiger partial charge in [-0.25, -0.2) is 8.78 Å². The number of carbonyl (C=O) groups excluding carboxylic acids is 1. The second-order valence-corrected chi connectivity index (χ2v) is 3.99. The Balaban J connectivity index is 2.41. The van der Waals surface area contributed by atoms with Gasteiger partial charge >= 0.3 is 0 Å². The van der Waals surface area contributed by atoms with Gasteiger partial charge in [-0.1, -0.05) is 12.1 Å². The van der Waals surface area contributed by atoms with Crippen molar-refractivity contribution >= 4 is 5.91 Å². The molecule has 1 unspecified atom stereocenters. The molecule has 0 aliphatic carbocycles. The fourth-order valence-corrected chi connectivity index (χ4v) is 1.44. The first kappa shape index (κ1) is 13.6. The van der Waals surface area contributed by atoms with E-state index in [-0.39, 0.29) is 36.9 Å². The summed E-state index contributed by atoms with van der Waals surface area (Å²) in [6.07, 6.45) is 0.486. The van der Waals surface area contributed by atoms with E-state index in [2.05, 4.69) is 5.32 Å². The van der Waals surface area contributed by atoms with E-state index in [1.54, 1.807) is 6.92 Å². The van der Waals surface area contributed by atoms with Crippen molar-refractivity contribution in [3.8, 4) is 0 Å². The Bertz CT molecular complexity index is 394. The Labute approximate surface area is 99.0 Å². The second-order valence-electron chi connectivity index (χ2n) is 3.99. The number of hydrogen-bond donors (Lipinski definition) is 2. The normalized spacial score (nSPS) is 12.2. The van der Waals surface area contributed by atoms with Crippen LogP contribution in [0.25, 0.3) is 0 Å². The van der Waals surface area contributed by atoms with Crippen LogP contribution in [0.3, 0.4) is 0 Å². The first-order valence-electron chi connectivity index (χ1n) is 5.46. The standard InChI is InChI=1S/C12H16F2N2O/c1-8(15)7-11(17)16-6-5-9-3-2-4-10(13)12(9)14/h2-4,8H,5-7,15H2,1H3,(H,16,17). The highest BCUT2D eigenvalue weighted by molar-refractivity contribution is 5.76. The van der Waals surface area contributed by atoms with Gasteiger partial charge in [-0.3, -0.25) is 4.79 Å². The molecule has 1 atom stereocenters. The van der Waals surface area contributed by atoms with Gasteiger partial charge in [0.2, 0.25) is 5.91 Å². The van der Waals surface area contributed by atoms with E-state index < -0.39 is 11.6 Å². The maximum absolute atomic E-state index is 13.2. The van der Waals surface area contributed by atoms with E-state index in [4.69, 9.17) is 5.73 Å². The number of benzene rings is 1. The fraction of sp³-hybridized carbons (Fsp3) is 0.417. The van der Waals surface area contributed by atoms with E-state index >= 15 is 0 Å². The molecule has 1 aromatic carbocycles. The molecule has 3 N–H and O–H groups in total. The molecule has 0 fully saturated rings. The third-order valence-electron chi connectivity index (χ3n) is 2.26. The summed E-state index contributed by atoms with van der Waals surface area (Å²) in [6.45, 7) is 2.00. The molecule has 0 saturated heterocycles. The zero-order valence-corrected chi connectivity index (χ0v) is 9.67. The lowest BCUT2D eigenvalue weighted by Crippen LogP contribution is -2.31. The Morgan fingerprint density at radius 1 is 1.47 bits per heavy atom. The lowest BCUT2D eigenvalue weighted by molar-refractivity contribution is -0.121. The van der Waals surface area contributed by atoms with Gasteiger partial charge in [0, 0.05) is 19.0 Å². The monoisotopic (exact) mass is 242 g/mol. The molecule has 0 radical (unpaired) electrons. The van der Waals surface area contributed by atoms with Gasteiger partial charge < -0.3 is 11.1 Å². The smallest absolute Gasteiger partial charge is 0.221 e. The average molecular weight is 242 g/mol. The zero-order valence-electron chi connectivity index (χ0n) is 9.67. The van der Waals surface area contributed by atoms with E-state index in [9.17, 15) is 13.6 Å². The molecule has 1 amide bonds. The summed E-state index contributed by atoms with van der Waals surface area (Å²) in [5.41, 5.74) is 5.71. The van der Waals surface area contributed by atoms with Crippen molar-refractivity contribution in [3.05, 3.63) is 35.4 Å². The lowest BCUT2D eigenvalue weighted by atomic mass is 10.1. The van der Waals surface area contributed by atoms with Gasteiger partial charge in [0.05, 0.1) is 0 Å². The van der Waals surface area contributed by atoms with E-state index in [1.807, 2.05) is 0 Å². The number of halogens is 2. The van der Waals surface area contributed by atoms with E-state index in [1.165, 1.54) is 12.1 Å². The first-order valence-corrected chi connectivity index (χ1v) is 5.46. The Morgan fingerprint density at radius 3 is 2.82 bits per heavy atom. The quantitative estimate of drug-likeness (QED) is 0.819. The third-order valence-corrected chi connectivity index (χ3v) is 2.26. The summed E-state index contributed by atoms with van der Waals surface area (Å²) < 4.78 is 26.1. The predicted molar refractivity (Wildman–Crippen MR) is 61.3 cm³/mol. The van der Waals surface area contributed by atoms with Crippen molar-refractivity contribution in [2.45, 2.75) is 25.8 Å². The van der Waals surface area contributed by atoms with Crippen molar-refractivity contribution < 1.29 is 13.6 Å². The number of nitrogens with two attached hydrogens (primary N) is 1. The topological polar surface area (TPSA) is 55.1 Å². The van der Waals surface area contributed by atoms with Crippen molar-refractivity contribution in [1.82, 2.24) is 5.32 Å². The van der Waals surface area contributed by atoms with Crippen LogP contribution in [-0.2, 0) is 11.2 Å². The zero-order chi connectivity index (χ0) is 12.8. The van der Waals surface area contributed by atoms with Crippen LogP contribution in [0, 0.1) is 11.6 Å². The van der Waals surface area contributed by atoms with Crippen LogP contribution in [0.4, 0.5) is 8.78 Å². The van der Waals surface area contributed by atoms with Crippen LogP contribution in [0.1, 0.15) is 18.9 Å². The molecule has 17 heavy (non-hydrogen) atoms. The second kappa shape index (κ2) is 6.30. The minimum absolute atomic E-state index is 0.184. The van der Waals surface area contributed by atoms with E-state index in [0.29, 0.717) is 0 Å². The molecule has 0 heterocycles. The molecule has 5 heteroatoms. The maximum atomic E-state index is 13.2. The molecule has 1 aromatic rings. The molecule has 3 nitrogen and oxygen atoms in total. The van der Waals surface area contributed by atoms with Gasteiger partial charge in [-0.05, 0) is 25.0 Å². The highest BCUT2D eigenvalue weighted by Gasteiger charge is 2.08. The number of rotatable bonds is 5. The van der Waals surface area contributed by atoms with Gasteiger partial charge in [-0.15, -0.1) is 0 Å². The summed E-state index contributed by atoms with van der Waals surface area (Å²) >= 11 is 0. The van der Waals surface area contributed by atoms with E-state index in [0.717, 1.165) is 6.07 Å². The van der Waals surface area contributed by atoms with Gasteiger partial charge in [-0.2, -0.15) is 0 Å². The molecular weight excluding hydrogens is 226 g/mol. The van der Waals surface area contributed by atoms with Crippen molar-refractivity contribution in [2.24, 2.45) is 5.73 Å². The fourth-order valence-electron chi connectivity index (χ4n) is 1.44. The Morgan fingerprint density at radius 2 is 2.18 bits per heavy atom. The summed E-state index contributed by atoms with van der Waals surface area (Å²) in [5, 5.41) is 2.60. The summed E-state index contributed by atoms with van der Waals surface area (Å²) in [7, 11) is 0. The van der Waals surface area contributed by atoms with Gasteiger partial charge in [0.15, 0.2) is 11.6 Å². The largest absolute Gasteiger partial charge is 0.356 e. The van der Waals surface area contributed by atoms with Crippen LogP contribution in [-0.4, -0.2) is 18.5 Å². The Hall–Kier alpha value is -1.49. The minimum atomic E-state index is -0.871. The van der Waals surface area contributed by atoms with Gasteiger partial charge in [0.25, 0.3) is 0 Å². The van der Waals surface area contributed by atoms with Crippen LogP contribution in [0.2, 0.25) is 0 Å². The molecule has 0 aromatic heterocycles. The molecule has 0 spiro atoms. The number of amides is 1. The highest BCUT2D eigenvalue weighted by Crippen LogP contribution is 2.11. The molecule has 0 aliphatic rings. The summed E-state index contributed by atoms with van der Waals surface area (Å²) in [5.74, 6) is -1.91. The molecular formula is C12H16F2N2O. The van der Waals surface area contributed by atoms with Crippen LogP contribution >= 0.6 is 0 Å². The van der Waals surface area contributed by atoms with Crippen molar-refractivity contribution in [1.29, 1.82) is 0 Å².